The van der Waals surface area contributed by atoms with E-state index < -0.39 is 0 Å². The van der Waals surface area contributed by atoms with Crippen molar-refractivity contribution in [2.24, 2.45) is 11.3 Å². The van der Waals surface area contributed by atoms with Gasteiger partial charge in [-0.3, -0.25) is 0 Å². The predicted molar refractivity (Wildman–Crippen MR) is 95.5 cm³/mol. The second-order valence-corrected chi connectivity index (χ2v) is 8.90. The molecule has 4 rings (SSSR count). The van der Waals surface area contributed by atoms with Crippen LogP contribution in [-0.4, -0.2) is 36.7 Å². The number of hydrogen-bond donors (Lipinski definition) is 1. The molecule has 1 N–H and O–H groups in total. The van der Waals surface area contributed by atoms with E-state index in [1.807, 2.05) is 6.92 Å². The molecule has 1 aliphatic heterocycles. The Hall–Kier alpha value is -1.49. The number of carbonyl (C=O) groups is 1. The van der Waals surface area contributed by atoms with Crippen LogP contribution in [-0.2, 0) is 11.2 Å². The van der Waals surface area contributed by atoms with E-state index in [-0.39, 0.29) is 17.5 Å². The van der Waals surface area contributed by atoms with Crippen molar-refractivity contribution < 1.29 is 13.9 Å². The number of nitrogens with zero attached hydrogens (tertiary/aromatic N) is 1. The lowest BCUT2D eigenvalue weighted by atomic mass is 9.75. The third kappa shape index (κ3) is 3.71. The molecular weight excluding hydrogens is 316 g/mol. The zero-order valence-corrected chi connectivity index (χ0v) is 15.6. The molecule has 1 aromatic heterocycles. The van der Waals surface area contributed by atoms with Crippen LogP contribution in [0.1, 0.15) is 62.7 Å². The number of furan rings is 1. The van der Waals surface area contributed by atoms with Gasteiger partial charge in [-0.25, -0.2) is 4.79 Å². The van der Waals surface area contributed by atoms with E-state index in [1.165, 1.54) is 5.56 Å². The van der Waals surface area contributed by atoms with Crippen molar-refractivity contribution >= 4 is 6.03 Å². The minimum Gasteiger partial charge on any atom is -0.466 e. The Balaban J connectivity index is 1.48. The second kappa shape index (κ2) is 6.35. The predicted octanol–water partition coefficient (Wildman–Crippen LogP) is 3.81. The maximum Gasteiger partial charge on any atom is 0.318 e. The average Bonchev–Trinajstić information content (AvgIpc) is 3.09. The zero-order valence-electron chi connectivity index (χ0n) is 15.6. The third-order valence-electron chi connectivity index (χ3n) is 5.76. The molecule has 2 heterocycles. The van der Waals surface area contributed by atoms with E-state index in [2.05, 4.69) is 30.1 Å². The highest BCUT2D eigenvalue weighted by molar-refractivity contribution is 5.75. The molecule has 3 aliphatic rings. The summed E-state index contributed by atoms with van der Waals surface area (Å²) in [4.78, 5) is 15.1. The van der Waals surface area contributed by atoms with Gasteiger partial charge in [0.05, 0.1) is 12.6 Å². The van der Waals surface area contributed by atoms with Gasteiger partial charge in [-0.05, 0) is 44.1 Å². The van der Waals surface area contributed by atoms with Gasteiger partial charge >= 0.3 is 6.03 Å². The summed E-state index contributed by atoms with van der Waals surface area (Å²) in [5.74, 6) is 2.46. The van der Waals surface area contributed by atoms with Crippen molar-refractivity contribution in [1.29, 1.82) is 0 Å². The second-order valence-electron chi connectivity index (χ2n) is 8.90. The van der Waals surface area contributed by atoms with Crippen molar-refractivity contribution in [3.8, 4) is 0 Å². The van der Waals surface area contributed by atoms with Crippen LogP contribution in [0.4, 0.5) is 4.79 Å². The molecule has 25 heavy (non-hydrogen) atoms. The monoisotopic (exact) mass is 346 g/mol. The average molecular weight is 346 g/mol. The number of amides is 2. The Labute approximate surface area is 150 Å². The largest absolute Gasteiger partial charge is 0.466 e. The molecular formula is C20H30N2O3. The van der Waals surface area contributed by atoms with Gasteiger partial charge < -0.3 is 19.4 Å². The van der Waals surface area contributed by atoms with E-state index in [9.17, 15) is 4.79 Å². The molecule has 2 atom stereocenters. The van der Waals surface area contributed by atoms with E-state index in [0.717, 1.165) is 63.4 Å². The van der Waals surface area contributed by atoms with E-state index in [0.29, 0.717) is 12.0 Å². The summed E-state index contributed by atoms with van der Waals surface area (Å²) in [6.07, 6.45) is 5.22. The minimum atomic E-state index is 0.0461. The fourth-order valence-electron chi connectivity index (χ4n) is 4.33. The quantitative estimate of drug-likeness (QED) is 0.902. The van der Waals surface area contributed by atoms with Gasteiger partial charge in [-0.1, -0.05) is 13.8 Å². The summed E-state index contributed by atoms with van der Waals surface area (Å²) in [6, 6.07) is 2.65. The molecule has 2 amide bonds. The molecule has 1 aromatic rings. The van der Waals surface area contributed by atoms with Crippen LogP contribution in [0.2, 0.25) is 0 Å². The lowest BCUT2D eigenvalue weighted by molar-refractivity contribution is 0.156. The topological polar surface area (TPSA) is 54.7 Å². The Bertz CT molecular complexity index is 641. The fraction of sp³-hybridized carbons (Fsp3) is 0.750. The third-order valence-corrected chi connectivity index (χ3v) is 5.76. The van der Waals surface area contributed by atoms with Gasteiger partial charge in [-0.15, -0.1) is 0 Å². The maximum atomic E-state index is 13.1. The SMILES string of the molecule is Cc1cc2c(o1)CC(C)(C)CC2NC(=O)N(CC1CCOC1)C1CC1. The first kappa shape index (κ1) is 17.0. The summed E-state index contributed by atoms with van der Waals surface area (Å²) >= 11 is 0. The molecule has 2 fully saturated rings. The number of fused-ring (bicyclic) bond motifs is 1. The van der Waals surface area contributed by atoms with Crippen LogP contribution in [0.25, 0.3) is 0 Å². The minimum absolute atomic E-state index is 0.0461. The first-order chi connectivity index (χ1) is 11.9. The molecule has 2 unspecified atom stereocenters. The molecule has 0 aromatic carbocycles. The van der Waals surface area contributed by atoms with Crippen molar-refractivity contribution in [2.75, 3.05) is 19.8 Å². The molecule has 0 radical (unpaired) electrons. The summed E-state index contributed by atoms with van der Waals surface area (Å²) in [6.45, 7) is 8.94. The van der Waals surface area contributed by atoms with E-state index in [1.54, 1.807) is 0 Å². The van der Waals surface area contributed by atoms with Gasteiger partial charge in [0.1, 0.15) is 11.5 Å². The normalized spacial score (nSPS) is 27.8. The summed E-state index contributed by atoms with van der Waals surface area (Å²) < 4.78 is 11.4. The van der Waals surface area contributed by atoms with E-state index >= 15 is 0 Å². The number of aryl methyl sites for hydroxylation is 1. The van der Waals surface area contributed by atoms with Gasteiger partial charge in [0.2, 0.25) is 0 Å². The molecule has 1 saturated carbocycles. The number of carbonyl (C=O) groups excluding carboxylic acids is 1. The van der Waals surface area contributed by atoms with Gasteiger partial charge in [0.25, 0.3) is 0 Å². The smallest absolute Gasteiger partial charge is 0.318 e. The maximum absolute atomic E-state index is 13.1. The molecule has 2 aliphatic carbocycles. The highest BCUT2D eigenvalue weighted by Crippen LogP contribution is 2.42. The number of rotatable bonds is 4. The standard InChI is InChI=1S/C20H30N2O3/c1-13-8-16-17(9-20(2,3)10-18(16)25-13)21-19(23)22(15-4-5-15)11-14-6-7-24-12-14/h8,14-15,17H,4-7,9-12H2,1-3H3,(H,21,23). The lowest BCUT2D eigenvalue weighted by Gasteiger charge is -2.36. The first-order valence-corrected chi connectivity index (χ1v) is 9.65. The number of urea groups is 1. The zero-order chi connectivity index (χ0) is 17.6. The van der Waals surface area contributed by atoms with Gasteiger partial charge in [-0.2, -0.15) is 0 Å². The van der Waals surface area contributed by atoms with Crippen LogP contribution in [0.15, 0.2) is 10.5 Å². The number of nitrogens with one attached hydrogen (secondary N) is 1. The van der Waals surface area contributed by atoms with Crippen LogP contribution in [0.5, 0.6) is 0 Å². The van der Waals surface area contributed by atoms with Crippen LogP contribution in [0, 0.1) is 18.3 Å². The Kier molecular flexibility index (Phi) is 4.30. The Morgan fingerprint density at radius 3 is 2.84 bits per heavy atom. The molecule has 1 saturated heterocycles. The van der Waals surface area contributed by atoms with Crippen molar-refractivity contribution in [3.63, 3.8) is 0 Å². The molecule has 0 bridgehead atoms. The molecule has 0 spiro atoms. The van der Waals surface area contributed by atoms with Crippen molar-refractivity contribution in [3.05, 3.63) is 23.2 Å². The van der Waals surface area contributed by atoms with Crippen molar-refractivity contribution in [1.82, 2.24) is 10.2 Å². The highest BCUT2D eigenvalue weighted by Gasteiger charge is 2.39. The summed E-state index contributed by atoms with van der Waals surface area (Å²) in [5.41, 5.74) is 1.31. The number of ether oxygens (including phenoxy) is 1. The fourth-order valence-corrected chi connectivity index (χ4v) is 4.33. The number of hydrogen-bond acceptors (Lipinski definition) is 3. The molecule has 5 heteroatoms. The van der Waals surface area contributed by atoms with Gasteiger partial charge in [0, 0.05) is 37.1 Å². The highest BCUT2D eigenvalue weighted by atomic mass is 16.5. The van der Waals surface area contributed by atoms with Crippen molar-refractivity contribution in [2.45, 2.75) is 65.0 Å². The summed E-state index contributed by atoms with van der Waals surface area (Å²) in [7, 11) is 0. The van der Waals surface area contributed by atoms with Crippen LogP contribution < -0.4 is 5.32 Å². The Morgan fingerprint density at radius 1 is 1.36 bits per heavy atom. The van der Waals surface area contributed by atoms with Crippen LogP contribution in [0.3, 0.4) is 0 Å². The van der Waals surface area contributed by atoms with Crippen LogP contribution >= 0.6 is 0 Å². The molecule has 5 nitrogen and oxygen atoms in total. The first-order valence-electron chi connectivity index (χ1n) is 9.65. The van der Waals surface area contributed by atoms with Gasteiger partial charge in [0.15, 0.2) is 0 Å². The summed E-state index contributed by atoms with van der Waals surface area (Å²) in [5, 5.41) is 3.33. The Morgan fingerprint density at radius 2 is 2.16 bits per heavy atom. The lowest BCUT2D eigenvalue weighted by Crippen LogP contribution is -2.46. The van der Waals surface area contributed by atoms with E-state index in [4.69, 9.17) is 9.15 Å². The molecule has 138 valence electrons.